The number of rotatable bonds is 10. The van der Waals surface area contributed by atoms with E-state index in [4.69, 9.17) is 34.8 Å². The topological polar surface area (TPSA) is 86.8 Å². The Labute approximate surface area is 251 Å². The third-order valence-electron chi connectivity index (χ3n) is 5.99. The van der Waals surface area contributed by atoms with Gasteiger partial charge in [-0.1, -0.05) is 71.2 Å². The predicted octanol–water partition coefficient (Wildman–Crippen LogP) is 5.82. The van der Waals surface area contributed by atoms with Crippen LogP contribution in [0, 0.1) is 0 Å². The van der Waals surface area contributed by atoms with Gasteiger partial charge in [0, 0.05) is 30.6 Å². The number of benzene rings is 3. The lowest BCUT2D eigenvalue weighted by atomic mass is 10.0. The highest BCUT2D eigenvalue weighted by molar-refractivity contribution is 7.89. The molecule has 3 aromatic carbocycles. The van der Waals surface area contributed by atoms with E-state index in [1.54, 1.807) is 18.2 Å². The van der Waals surface area contributed by atoms with Gasteiger partial charge in [-0.05, 0) is 68.3 Å². The number of hydrogen-bond acceptors (Lipinski definition) is 4. The molecular weight excluding hydrogens is 593 g/mol. The van der Waals surface area contributed by atoms with Crippen LogP contribution >= 0.6 is 34.8 Å². The van der Waals surface area contributed by atoms with Crippen LogP contribution in [0.5, 0.6) is 0 Å². The smallest absolute Gasteiger partial charge is 0.243 e. The number of carbonyl (C=O) groups is 2. The number of nitrogens with one attached hydrogen (secondary N) is 1. The van der Waals surface area contributed by atoms with Gasteiger partial charge in [0.05, 0.1) is 21.5 Å². The summed E-state index contributed by atoms with van der Waals surface area (Å²) < 4.78 is 27.4. The van der Waals surface area contributed by atoms with Crippen molar-refractivity contribution in [3.05, 3.63) is 99.0 Å². The van der Waals surface area contributed by atoms with Gasteiger partial charge in [-0.3, -0.25) is 9.59 Å². The number of carbonyl (C=O) groups excluding carboxylic acids is 2. The van der Waals surface area contributed by atoms with Gasteiger partial charge in [0.25, 0.3) is 0 Å². The second-order valence-corrected chi connectivity index (χ2v) is 13.7. The Morgan fingerprint density at radius 3 is 2.08 bits per heavy atom. The second-order valence-electron chi connectivity index (χ2n) is 10.4. The summed E-state index contributed by atoms with van der Waals surface area (Å²) in [6, 6.07) is 19.0. The molecule has 0 radical (unpaired) electrons. The largest absolute Gasteiger partial charge is 0.350 e. The van der Waals surface area contributed by atoms with E-state index >= 15 is 0 Å². The summed E-state index contributed by atoms with van der Waals surface area (Å²) in [5.41, 5.74) is 0.900. The van der Waals surface area contributed by atoms with Gasteiger partial charge in [-0.25, -0.2) is 8.42 Å². The molecule has 7 nitrogen and oxygen atoms in total. The van der Waals surface area contributed by atoms with E-state index in [9.17, 15) is 18.0 Å². The lowest BCUT2D eigenvalue weighted by Crippen LogP contribution is -2.56. The molecule has 0 aliphatic carbocycles. The Morgan fingerprint density at radius 2 is 1.50 bits per heavy atom. The summed E-state index contributed by atoms with van der Waals surface area (Å²) in [5.74, 6) is -0.927. The van der Waals surface area contributed by atoms with E-state index in [2.05, 4.69) is 5.32 Å². The van der Waals surface area contributed by atoms with Crippen LogP contribution in [0.15, 0.2) is 77.7 Å². The maximum Gasteiger partial charge on any atom is 0.243 e. The van der Waals surface area contributed by atoms with E-state index in [0.717, 1.165) is 9.87 Å². The van der Waals surface area contributed by atoms with Crippen LogP contribution in [0.25, 0.3) is 0 Å². The van der Waals surface area contributed by atoms with Crippen molar-refractivity contribution in [2.24, 2.45) is 0 Å². The monoisotopic (exact) mass is 623 g/mol. The fourth-order valence-corrected chi connectivity index (χ4v) is 5.56. The Morgan fingerprint density at radius 1 is 0.875 bits per heavy atom. The normalized spacial score (nSPS) is 12.7. The quantitative estimate of drug-likeness (QED) is 0.308. The summed E-state index contributed by atoms with van der Waals surface area (Å²) in [6.45, 7) is 5.05. The first kappa shape index (κ1) is 31.9. The van der Waals surface area contributed by atoms with Crippen molar-refractivity contribution in [2.45, 2.75) is 50.2 Å². The summed E-state index contributed by atoms with van der Waals surface area (Å²) >= 11 is 18.3. The Bertz CT molecular complexity index is 1440. The standard InChI is InChI=1S/C29H32Cl3N3O4S/c1-29(2,3)33-28(37)26(17-20-8-6-5-7-9-20)35(18-21-10-15-24(31)25(32)16-21)27(36)19-34(4)40(38,39)23-13-11-22(30)12-14-23/h5-16,26H,17-19H2,1-4H3,(H,33,37). The molecule has 0 saturated heterocycles. The predicted molar refractivity (Wildman–Crippen MR) is 160 cm³/mol. The molecule has 0 saturated carbocycles. The number of likely N-dealkylation sites (N-methyl/N-ethyl adjacent to an activating group) is 1. The molecule has 0 spiro atoms. The Hall–Kier alpha value is -2.62. The molecule has 1 N–H and O–H groups in total. The fourth-order valence-electron chi connectivity index (χ4n) is 3.99. The molecule has 1 atom stereocenters. The number of amides is 2. The van der Waals surface area contributed by atoms with Gasteiger partial charge in [0.1, 0.15) is 6.04 Å². The highest BCUT2D eigenvalue weighted by atomic mass is 35.5. The van der Waals surface area contributed by atoms with E-state index in [1.807, 2.05) is 51.1 Å². The molecule has 0 aliphatic rings. The van der Waals surface area contributed by atoms with Crippen molar-refractivity contribution < 1.29 is 18.0 Å². The number of halogens is 3. The zero-order valence-electron chi connectivity index (χ0n) is 22.7. The minimum atomic E-state index is -4.02. The fraction of sp³-hybridized carbons (Fsp3) is 0.310. The first-order valence-electron chi connectivity index (χ1n) is 12.5. The third kappa shape index (κ3) is 8.69. The molecule has 0 bridgehead atoms. The van der Waals surface area contributed by atoms with Crippen LogP contribution in [-0.4, -0.2) is 54.6 Å². The third-order valence-corrected chi connectivity index (χ3v) is 8.79. The van der Waals surface area contributed by atoms with Gasteiger partial charge >= 0.3 is 0 Å². The van der Waals surface area contributed by atoms with E-state index in [1.165, 1.54) is 36.2 Å². The number of nitrogens with zero attached hydrogens (tertiary/aromatic N) is 2. The summed E-state index contributed by atoms with van der Waals surface area (Å²) in [5, 5.41) is 4.01. The molecule has 0 aromatic heterocycles. The van der Waals surface area contributed by atoms with Crippen molar-refractivity contribution >= 4 is 56.6 Å². The first-order valence-corrected chi connectivity index (χ1v) is 15.1. The molecule has 1 unspecified atom stereocenters. The minimum Gasteiger partial charge on any atom is -0.350 e. The SMILES string of the molecule is CN(CC(=O)N(Cc1ccc(Cl)c(Cl)c1)C(Cc1ccccc1)C(=O)NC(C)(C)C)S(=O)(=O)c1ccc(Cl)cc1. The lowest BCUT2D eigenvalue weighted by molar-refractivity contribution is -0.141. The molecule has 40 heavy (non-hydrogen) atoms. The molecule has 0 aliphatic heterocycles. The highest BCUT2D eigenvalue weighted by Crippen LogP contribution is 2.25. The average Bonchev–Trinajstić information content (AvgIpc) is 2.88. The van der Waals surface area contributed by atoms with Gasteiger partial charge in [0.2, 0.25) is 21.8 Å². The summed E-state index contributed by atoms with van der Waals surface area (Å²) in [7, 11) is -2.70. The lowest BCUT2D eigenvalue weighted by Gasteiger charge is -2.34. The number of sulfonamides is 1. The molecule has 3 aromatic rings. The molecule has 0 heterocycles. The van der Waals surface area contributed by atoms with Crippen LogP contribution in [-0.2, 0) is 32.6 Å². The molecule has 11 heteroatoms. The maximum absolute atomic E-state index is 13.9. The second kappa shape index (κ2) is 13.4. The highest BCUT2D eigenvalue weighted by Gasteiger charge is 2.34. The van der Waals surface area contributed by atoms with Crippen molar-refractivity contribution in [2.75, 3.05) is 13.6 Å². The van der Waals surface area contributed by atoms with Crippen molar-refractivity contribution in [3.8, 4) is 0 Å². The van der Waals surface area contributed by atoms with E-state index in [0.29, 0.717) is 20.6 Å². The van der Waals surface area contributed by atoms with Gasteiger partial charge < -0.3 is 10.2 Å². The van der Waals surface area contributed by atoms with Crippen molar-refractivity contribution in [3.63, 3.8) is 0 Å². The van der Waals surface area contributed by atoms with Gasteiger partial charge in [-0.2, -0.15) is 4.31 Å². The first-order chi connectivity index (χ1) is 18.7. The summed E-state index contributed by atoms with van der Waals surface area (Å²) in [6.07, 6.45) is 0.212. The van der Waals surface area contributed by atoms with Crippen LogP contribution in [0.1, 0.15) is 31.9 Å². The molecule has 0 fully saturated rings. The van der Waals surface area contributed by atoms with Crippen LogP contribution in [0.4, 0.5) is 0 Å². The molecule has 2 amide bonds. The van der Waals surface area contributed by atoms with E-state index in [-0.39, 0.29) is 23.8 Å². The van der Waals surface area contributed by atoms with Crippen molar-refractivity contribution in [1.82, 2.24) is 14.5 Å². The Kier molecular flexibility index (Phi) is 10.7. The van der Waals surface area contributed by atoms with Crippen molar-refractivity contribution in [1.29, 1.82) is 0 Å². The zero-order chi connectivity index (χ0) is 29.7. The van der Waals surface area contributed by atoms with Crippen LogP contribution in [0.3, 0.4) is 0 Å². The van der Waals surface area contributed by atoms with Gasteiger partial charge in [0.15, 0.2) is 0 Å². The van der Waals surface area contributed by atoms with E-state index < -0.39 is 34.1 Å². The minimum absolute atomic E-state index is 0.000379. The summed E-state index contributed by atoms with van der Waals surface area (Å²) in [4.78, 5) is 28.9. The van der Waals surface area contributed by atoms with Crippen LogP contribution in [0.2, 0.25) is 15.1 Å². The molecular formula is C29H32Cl3N3O4S. The number of hydrogen-bond donors (Lipinski definition) is 1. The van der Waals surface area contributed by atoms with Crippen LogP contribution < -0.4 is 5.32 Å². The average molecular weight is 625 g/mol. The zero-order valence-corrected chi connectivity index (χ0v) is 25.8. The molecule has 214 valence electrons. The molecule has 3 rings (SSSR count). The van der Waals surface area contributed by atoms with Gasteiger partial charge in [-0.15, -0.1) is 0 Å². The maximum atomic E-state index is 13.9. The Balaban J connectivity index is 2.01.